The Labute approximate surface area is 127 Å². The first-order chi connectivity index (χ1) is 10.2. The summed E-state index contributed by atoms with van der Waals surface area (Å²) in [5.74, 6) is 0.832. The molecular formula is C17H25N3O. The minimum Gasteiger partial charge on any atom is -0.492 e. The van der Waals surface area contributed by atoms with E-state index < -0.39 is 0 Å². The van der Waals surface area contributed by atoms with Gasteiger partial charge in [0.1, 0.15) is 12.4 Å². The van der Waals surface area contributed by atoms with Crippen molar-refractivity contribution in [3.63, 3.8) is 0 Å². The van der Waals surface area contributed by atoms with Crippen molar-refractivity contribution in [1.82, 2.24) is 9.80 Å². The second-order valence-corrected chi connectivity index (χ2v) is 5.67. The molecule has 1 heterocycles. The molecular weight excluding hydrogens is 262 g/mol. The lowest BCUT2D eigenvalue weighted by atomic mass is 10.2. The van der Waals surface area contributed by atoms with Crippen LogP contribution < -0.4 is 4.74 Å². The normalized spacial score (nSPS) is 18.9. The van der Waals surface area contributed by atoms with Crippen LogP contribution in [-0.2, 0) is 0 Å². The van der Waals surface area contributed by atoms with Crippen LogP contribution in [0, 0.1) is 11.3 Å². The standard InChI is InChI=1S/C17H25N3O/c1-3-20-10-4-5-16(20)14-19(2)11-12-21-17-8-6-15(13-18)7-9-17/h6-9,16H,3-5,10-12,14H2,1-2H3. The van der Waals surface area contributed by atoms with E-state index in [1.807, 2.05) is 12.1 Å². The van der Waals surface area contributed by atoms with Gasteiger partial charge in [0.2, 0.25) is 0 Å². The molecule has 1 aliphatic rings. The molecule has 2 rings (SSSR count). The molecule has 0 N–H and O–H groups in total. The van der Waals surface area contributed by atoms with E-state index in [4.69, 9.17) is 10.00 Å². The van der Waals surface area contributed by atoms with E-state index in [9.17, 15) is 0 Å². The number of hydrogen-bond acceptors (Lipinski definition) is 4. The average Bonchev–Trinajstić information content (AvgIpc) is 2.95. The minimum atomic E-state index is 0.667. The van der Waals surface area contributed by atoms with E-state index in [1.165, 1.54) is 19.4 Å². The van der Waals surface area contributed by atoms with Crippen LogP contribution >= 0.6 is 0 Å². The predicted molar refractivity (Wildman–Crippen MR) is 84.4 cm³/mol. The number of rotatable bonds is 7. The third kappa shape index (κ3) is 4.73. The molecule has 0 saturated carbocycles. The van der Waals surface area contributed by atoms with Gasteiger partial charge in [0.15, 0.2) is 0 Å². The van der Waals surface area contributed by atoms with Gasteiger partial charge >= 0.3 is 0 Å². The van der Waals surface area contributed by atoms with Gasteiger partial charge < -0.3 is 9.64 Å². The molecule has 0 aromatic heterocycles. The van der Waals surface area contributed by atoms with Crippen LogP contribution in [0.1, 0.15) is 25.3 Å². The Morgan fingerprint density at radius 2 is 2.14 bits per heavy atom. The Bertz CT molecular complexity index is 466. The van der Waals surface area contributed by atoms with E-state index >= 15 is 0 Å². The first kappa shape index (κ1) is 15.8. The number of nitrogens with zero attached hydrogens (tertiary/aromatic N) is 3. The molecule has 4 nitrogen and oxygen atoms in total. The third-order valence-corrected chi connectivity index (χ3v) is 4.15. The maximum Gasteiger partial charge on any atom is 0.119 e. The molecule has 0 amide bonds. The zero-order valence-electron chi connectivity index (χ0n) is 13.1. The highest BCUT2D eigenvalue weighted by molar-refractivity contribution is 5.34. The molecule has 1 unspecified atom stereocenters. The molecule has 1 aliphatic heterocycles. The van der Waals surface area contributed by atoms with E-state index in [2.05, 4.69) is 29.8 Å². The molecule has 1 fully saturated rings. The maximum absolute atomic E-state index is 8.75. The second kappa shape index (κ2) is 8.02. The highest BCUT2D eigenvalue weighted by Gasteiger charge is 2.23. The largest absolute Gasteiger partial charge is 0.492 e. The first-order valence-corrected chi connectivity index (χ1v) is 7.78. The van der Waals surface area contributed by atoms with Crippen molar-refractivity contribution in [2.24, 2.45) is 0 Å². The van der Waals surface area contributed by atoms with Gasteiger partial charge in [-0.15, -0.1) is 0 Å². The van der Waals surface area contributed by atoms with Gasteiger partial charge in [0, 0.05) is 19.1 Å². The van der Waals surface area contributed by atoms with Gasteiger partial charge in [-0.3, -0.25) is 4.90 Å². The van der Waals surface area contributed by atoms with E-state index in [-0.39, 0.29) is 0 Å². The van der Waals surface area contributed by atoms with Crippen LogP contribution in [0.4, 0.5) is 0 Å². The van der Waals surface area contributed by atoms with Crippen molar-refractivity contribution >= 4 is 0 Å². The zero-order chi connectivity index (χ0) is 15.1. The van der Waals surface area contributed by atoms with E-state index in [0.29, 0.717) is 18.2 Å². The minimum absolute atomic E-state index is 0.667. The second-order valence-electron chi connectivity index (χ2n) is 5.67. The van der Waals surface area contributed by atoms with Crippen molar-refractivity contribution in [3.05, 3.63) is 29.8 Å². The Morgan fingerprint density at radius 1 is 1.38 bits per heavy atom. The summed E-state index contributed by atoms with van der Waals surface area (Å²) in [5, 5.41) is 8.75. The van der Waals surface area contributed by atoms with Crippen molar-refractivity contribution < 1.29 is 4.74 Å². The number of benzene rings is 1. The summed E-state index contributed by atoms with van der Waals surface area (Å²) >= 11 is 0. The number of likely N-dealkylation sites (N-methyl/N-ethyl adjacent to an activating group) is 2. The summed E-state index contributed by atoms with van der Waals surface area (Å²) in [6.07, 6.45) is 2.64. The lowest BCUT2D eigenvalue weighted by Crippen LogP contribution is -2.39. The van der Waals surface area contributed by atoms with Gasteiger partial charge in [0.05, 0.1) is 11.6 Å². The van der Waals surface area contributed by atoms with Gasteiger partial charge in [-0.05, 0) is 57.2 Å². The Balaban J connectivity index is 1.69. The zero-order valence-corrected chi connectivity index (χ0v) is 13.1. The number of ether oxygens (including phenoxy) is 1. The number of likely N-dealkylation sites (tertiary alicyclic amines) is 1. The number of hydrogen-bond donors (Lipinski definition) is 0. The molecule has 0 bridgehead atoms. The van der Waals surface area contributed by atoms with Crippen molar-refractivity contribution in [2.45, 2.75) is 25.8 Å². The van der Waals surface area contributed by atoms with Crippen molar-refractivity contribution in [3.8, 4) is 11.8 Å². The fourth-order valence-corrected chi connectivity index (χ4v) is 2.91. The molecule has 114 valence electrons. The Morgan fingerprint density at radius 3 is 2.81 bits per heavy atom. The summed E-state index contributed by atoms with van der Waals surface area (Å²) < 4.78 is 5.73. The molecule has 1 saturated heterocycles. The maximum atomic E-state index is 8.75. The van der Waals surface area contributed by atoms with Crippen molar-refractivity contribution in [2.75, 3.05) is 39.8 Å². The highest BCUT2D eigenvalue weighted by atomic mass is 16.5. The van der Waals surface area contributed by atoms with Gasteiger partial charge in [0.25, 0.3) is 0 Å². The van der Waals surface area contributed by atoms with Gasteiger partial charge in [-0.1, -0.05) is 6.92 Å². The van der Waals surface area contributed by atoms with E-state index in [1.54, 1.807) is 12.1 Å². The summed E-state index contributed by atoms with van der Waals surface area (Å²) in [6.45, 7) is 7.36. The van der Waals surface area contributed by atoms with Crippen LogP contribution in [0.5, 0.6) is 5.75 Å². The van der Waals surface area contributed by atoms with Crippen LogP contribution in [0.15, 0.2) is 24.3 Å². The van der Waals surface area contributed by atoms with Gasteiger partial charge in [-0.2, -0.15) is 5.26 Å². The molecule has 1 aromatic carbocycles. The molecule has 21 heavy (non-hydrogen) atoms. The molecule has 1 atom stereocenters. The molecule has 4 heteroatoms. The summed E-state index contributed by atoms with van der Waals surface area (Å²) in [5.41, 5.74) is 0.667. The first-order valence-electron chi connectivity index (χ1n) is 7.78. The van der Waals surface area contributed by atoms with Crippen LogP contribution in [0.3, 0.4) is 0 Å². The van der Waals surface area contributed by atoms with Crippen molar-refractivity contribution in [1.29, 1.82) is 5.26 Å². The third-order valence-electron chi connectivity index (χ3n) is 4.15. The van der Waals surface area contributed by atoms with E-state index in [0.717, 1.165) is 25.4 Å². The average molecular weight is 287 g/mol. The monoisotopic (exact) mass is 287 g/mol. The molecule has 0 aliphatic carbocycles. The van der Waals surface area contributed by atoms with Crippen LogP contribution in [-0.4, -0.2) is 55.7 Å². The smallest absolute Gasteiger partial charge is 0.119 e. The Hall–Kier alpha value is -1.57. The predicted octanol–water partition coefficient (Wildman–Crippen LogP) is 2.35. The quantitative estimate of drug-likeness (QED) is 0.772. The summed E-state index contributed by atoms with van der Waals surface area (Å²) in [7, 11) is 2.16. The summed E-state index contributed by atoms with van der Waals surface area (Å²) in [4.78, 5) is 4.92. The molecule has 0 spiro atoms. The lowest BCUT2D eigenvalue weighted by Gasteiger charge is -2.27. The fourth-order valence-electron chi connectivity index (χ4n) is 2.91. The summed E-state index contributed by atoms with van der Waals surface area (Å²) in [6, 6.07) is 10.1. The highest BCUT2D eigenvalue weighted by Crippen LogP contribution is 2.17. The number of nitriles is 1. The molecule has 1 aromatic rings. The lowest BCUT2D eigenvalue weighted by molar-refractivity contribution is 0.177. The topological polar surface area (TPSA) is 39.5 Å². The van der Waals surface area contributed by atoms with Gasteiger partial charge in [-0.25, -0.2) is 0 Å². The Kier molecular flexibility index (Phi) is 6.04. The fraction of sp³-hybridized carbons (Fsp3) is 0.588. The van der Waals surface area contributed by atoms with Crippen LogP contribution in [0.2, 0.25) is 0 Å². The molecule has 0 radical (unpaired) electrons. The SMILES string of the molecule is CCN1CCCC1CN(C)CCOc1ccc(C#N)cc1. The van der Waals surface area contributed by atoms with Crippen LogP contribution in [0.25, 0.3) is 0 Å².